The average molecular weight is 341 g/mol. The molecular weight excluding hydrogens is 338 g/mol. The molecule has 0 radical (unpaired) electrons. The van der Waals surface area contributed by atoms with E-state index in [1.165, 1.54) is 6.26 Å². The highest BCUT2D eigenvalue weighted by atomic mass is 127. The van der Waals surface area contributed by atoms with E-state index in [0.29, 0.717) is 24.6 Å². The van der Waals surface area contributed by atoms with Crippen LogP contribution in [0.15, 0.2) is 27.6 Å². The summed E-state index contributed by atoms with van der Waals surface area (Å²) in [5.41, 5.74) is 0.262. The highest BCUT2D eigenvalue weighted by molar-refractivity contribution is 14.1. The number of hydrogen-bond acceptors (Lipinski definition) is 2. The van der Waals surface area contributed by atoms with Gasteiger partial charge in [-0.05, 0) is 34.7 Å². The lowest BCUT2D eigenvalue weighted by Gasteiger charge is -2.00. The van der Waals surface area contributed by atoms with Crippen molar-refractivity contribution >= 4 is 56.8 Å². The first kappa shape index (κ1) is 10.3. The number of rotatable bonds is 0. The third-order valence-corrected chi connectivity index (χ3v) is 2.99. The maximum Gasteiger partial charge on any atom is 0.206 e. The van der Waals surface area contributed by atoms with E-state index < -0.39 is 0 Å². The van der Waals surface area contributed by atoms with Crippen LogP contribution in [0.4, 0.5) is 0 Å². The molecule has 1 aromatic heterocycles. The van der Waals surface area contributed by atoms with Crippen molar-refractivity contribution in [2.24, 2.45) is 0 Å². The Bertz CT molecular complexity index is 562. The molecule has 0 N–H and O–H groups in total. The van der Waals surface area contributed by atoms with Crippen molar-refractivity contribution in [3.05, 3.63) is 42.2 Å². The Morgan fingerprint density at radius 3 is 2.71 bits per heavy atom. The van der Waals surface area contributed by atoms with Crippen molar-refractivity contribution in [1.29, 1.82) is 0 Å². The predicted octanol–water partition coefficient (Wildman–Crippen LogP) is 3.70. The van der Waals surface area contributed by atoms with Crippen LogP contribution in [0.3, 0.4) is 0 Å². The van der Waals surface area contributed by atoms with Gasteiger partial charge >= 0.3 is 0 Å². The van der Waals surface area contributed by atoms with Crippen LogP contribution in [-0.2, 0) is 0 Å². The zero-order valence-corrected chi connectivity index (χ0v) is 10.4. The van der Waals surface area contributed by atoms with Crippen LogP contribution in [0.25, 0.3) is 11.0 Å². The van der Waals surface area contributed by atoms with Crippen molar-refractivity contribution < 1.29 is 4.42 Å². The molecule has 0 fully saturated rings. The Balaban J connectivity index is 3.03. The van der Waals surface area contributed by atoms with Crippen LogP contribution in [0.2, 0.25) is 10.0 Å². The van der Waals surface area contributed by atoms with Gasteiger partial charge in [-0.3, -0.25) is 4.79 Å². The molecule has 0 amide bonds. The molecule has 72 valence electrons. The number of benzene rings is 1. The molecule has 1 heterocycles. The van der Waals surface area contributed by atoms with E-state index in [1.807, 2.05) is 22.6 Å². The summed E-state index contributed by atoms with van der Waals surface area (Å²) in [7, 11) is 0. The average Bonchev–Trinajstić information content (AvgIpc) is 2.12. The second-order valence-corrected chi connectivity index (χ2v) is 4.68. The van der Waals surface area contributed by atoms with Crippen molar-refractivity contribution in [2.75, 3.05) is 0 Å². The lowest BCUT2D eigenvalue weighted by molar-refractivity contribution is 0.598. The highest BCUT2D eigenvalue weighted by Gasteiger charge is 2.08. The van der Waals surface area contributed by atoms with Crippen LogP contribution in [-0.4, -0.2) is 0 Å². The quantitative estimate of drug-likeness (QED) is 0.684. The summed E-state index contributed by atoms with van der Waals surface area (Å²) in [5.74, 6) is 0. The summed E-state index contributed by atoms with van der Waals surface area (Å²) in [6, 6.07) is 3.10. The van der Waals surface area contributed by atoms with E-state index in [2.05, 4.69) is 0 Å². The standard InChI is InChI=1S/C9H3Cl2IO2/c10-4-1-5-8(13)7(12)3-14-9(5)6(11)2-4/h1-3H. The molecule has 1 aromatic carbocycles. The van der Waals surface area contributed by atoms with Crippen molar-refractivity contribution in [3.8, 4) is 0 Å². The van der Waals surface area contributed by atoms with Crippen molar-refractivity contribution in [3.63, 3.8) is 0 Å². The highest BCUT2D eigenvalue weighted by Crippen LogP contribution is 2.26. The second kappa shape index (κ2) is 3.72. The largest absolute Gasteiger partial charge is 0.461 e. The summed E-state index contributed by atoms with van der Waals surface area (Å²) in [4.78, 5) is 11.6. The van der Waals surface area contributed by atoms with Gasteiger partial charge in [-0.25, -0.2) is 0 Å². The fraction of sp³-hybridized carbons (Fsp3) is 0. The molecule has 14 heavy (non-hydrogen) atoms. The van der Waals surface area contributed by atoms with E-state index in [1.54, 1.807) is 12.1 Å². The number of hydrogen-bond donors (Lipinski definition) is 0. The van der Waals surface area contributed by atoms with Crippen molar-refractivity contribution in [1.82, 2.24) is 0 Å². The van der Waals surface area contributed by atoms with Gasteiger partial charge in [-0.1, -0.05) is 23.2 Å². The monoisotopic (exact) mass is 340 g/mol. The van der Waals surface area contributed by atoms with Gasteiger partial charge in [0, 0.05) is 5.02 Å². The normalized spacial score (nSPS) is 10.8. The number of fused-ring (bicyclic) bond motifs is 1. The summed E-state index contributed by atoms with van der Waals surface area (Å²) in [5, 5.41) is 1.19. The fourth-order valence-corrected chi connectivity index (χ4v) is 2.10. The lowest BCUT2D eigenvalue weighted by atomic mass is 10.2. The Morgan fingerprint density at radius 1 is 1.29 bits per heavy atom. The summed E-state index contributed by atoms with van der Waals surface area (Å²) in [6.07, 6.45) is 1.38. The first-order chi connectivity index (χ1) is 6.59. The first-order valence-electron chi connectivity index (χ1n) is 3.65. The molecule has 2 aromatic rings. The molecule has 0 atom stereocenters. The third-order valence-electron chi connectivity index (χ3n) is 1.75. The van der Waals surface area contributed by atoms with Gasteiger partial charge in [0.25, 0.3) is 0 Å². The molecule has 0 aliphatic heterocycles. The Kier molecular flexibility index (Phi) is 2.72. The molecule has 0 saturated heterocycles. The Hall–Kier alpha value is -0.260. The van der Waals surface area contributed by atoms with Crippen LogP contribution in [0, 0.1) is 3.57 Å². The molecule has 5 heteroatoms. The maximum absolute atomic E-state index is 11.6. The molecule has 0 aliphatic rings. The van der Waals surface area contributed by atoms with E-state index in [-0.39, 0.29) is 5.43 Å². The number of halogens is 3. The molecule has 2 nitrogen and oxygen atoms in total. The summed E-state index contributed by atoms with van der Waals surface area (Å²) in [6.45, 7) is 0. The molecule has 2 rings (SSSR count). The van der Waals surface area contributed by atoms with Crippen LogP contribution in [0.5, 0.6) is 0 Å². The van der Waals surface area contributed by atoms with Gasteiger partial charge in [0.1, 0.15) is 6.26 Å². The first-order valence-corrected chi connectivity index (χ1v) is 5.49. The molecular formula is C9H3Cl2IO2. The molecule has 0 unspecified atom stereocenters. The lowest BCUT2D eigenvalue weighted by Crippen LogP contribution is -2.04. The fourth-order valence-electron chi connectivity index (χ4n) is 1.14. The Morgan fingerprint density at radius 2 is 2.00 bits per heavy atom. The van der Waals surface area contributed by atoms with Gasteiger partial charge in [0.2, 0.25) is 5.43 Å². The molecule has 0 saturated carbocycles. The third kappa shape index (κ3) is 1.64. The topological polar surface area (TPSA) is 30.2 Å². The van der Waals surface area contributed by atoms with Gasteiger partial charge in [0.15, 0.2) is 5.58 Å². The van der Waals surface area contributed by atoms with Gasteiger partial charge < -0.3 is 4.42 Å². The van der Waals surface area contributed by atoms with Gasteiger partial charge in [-0.15, -0.1) is 0 Å². The zero-order chi connectivity index (χ0) is 10.3. The minimum absolute atomic E-state index is 0.115. The second-order valence-electron chi connectivity index (χ2n) is 2.68. The SMILES string of the molecule is O=c1c(I)coc2c(Cl)cc(Cl)cc12. The van der Waals surface area contributed by atoms with Crippen LogP contribution < -0.4 is 5.43 Å². The van der Waals surface area contributed by atoms with Crippen molar-refractivity contribution in [2.45, 2.75) is 0 Å². The smallest absolute Gasteiger partial charge is 0.206 e. The van der Waals surface area contributed by atoms with E-state index in [0.717, 1.165) is 0 Å². The van der Waals surface area contributed by atoms with E-state index >= 15 is 0 Å². The molecule has 0 aliphatic carbocycles. The van der Waals surface area contributed by atoms with E-state index in [9.17, 15) is 4.79 Å². The summed E-state index contributed by atoms with van der Waals surface area (Å²) >= 11 is 13.6. The minimum atomic E-state index is -0.115. The minimum Gasteiger partial charge on any atom is -0.461 e. The zero-order valence-electron chi connectivity index (χ0n) is 6.68. The van der Waals surface area contributed by atoms with Gasteiger partial charge in [0.05, 0.1) is 14.0 Å². The Labute approximate surface area is 103 Å². The molecule has 0 spiro atoms. The van der Waals surface area contributed by atoms with Crippen LogP contribution >= 0.6 is 45.8 Å². The predicted molar refractivity (Wildman–Crippen MR) is 65.2 cm³/mol. The van der Waals surface area contributed by atoms with E-state index in [4.69, 9.17) is 27.6 Å². The van der Waals surface area contributed by atoms with Crippen LogP contribution in [0.1, 0.15) is 0 Å². The maximum atomic E-state index is 11.6. The van der Waals surface area contributed by atoms with Gasteiger partial charge in [-0.2, -0.15) is 0 Å². The summed E-state index contributed by atoms with van der Waals surface area (Å²) < 4.78 is 5.72. The molecule has 0 bridgehead atoms.